The van der Waals surface area contributed by atoms with Gasteiger partial charge in [0.25, 0.3) is 0 Å². The largest absolute Gasteiger partial charge is 0.380 e. The smallest absolute Gasteiger partial charge is 0.200 e. The van der Waals surface area contributed by atoms with E-state index in [1.165, 1.54) is 32.1 Å². The van der Waals surface area contributed by atoms with Gasteiger partial charge < -0.3 is 10.1 Å². The van der Waals surface area contributed by atoms with Crippen LogP contribution in [0.2, 0.25) is 0 Å². The van der Waals surface area contributed by atoms with Crippen molar-refractivity contribution in [1.29, 1.82) is 0 Å². The van der Waals surface area contributed by atoms with Crippen molar-refractivity contribution in [2.45, 2.75) is 57.4 Å². The molecule has 0 unspecified atom stereocenters. The van der Waals surface area contributed by atoms with Gasteiger partial charge in [0, 0.05) is 25.2 Å². The van der Waals surface area contributed by atoms with E-state index in [-0.39, 0.29) is 5.54 Å². The van der Waals surface area contributed by atoms with Gasteiger partial charge in [-0.05, 0) is 24.8 Å². The molecule has 0 aromatic carbocycles. The summed E-state index contributed by atoms with van der Waals surface area (Å²) >= 11 is 0. The molecule has 3 heterocycles. The Bertz CT molecular complexity index is 731. The Morgan fingerprint density at radius 1 is 1.19 bits per heavy atom. The van der Waals surface area contributed by atoms with E-state index in [1.807, 2.05) is 0 Å². The third-order valence-corrected chi connectivity index (χ3v) is 5.95. The van der Waals surface area contributed by atoms with Crippen LogP contribution in [0.3, 0.4) is 0 Å². The SMILES string of the molecule is CC(C)c1cc(NCC2(N3CCOCC3)CCCCC2)c2nncn2n1. The van der Waals surface area contributed by atoms with Crippen LogP contribution in [0.4, 0.5) is 5.69 Å². The molecule has 2 aromatic heterocycles. The number of rotatable bonds is 5. The van der Waals surface area contributed by atoms with E-state index in [2.05, 4.69) is 45.4 Å². The van der Waals surface area contributed by atoms with Gasteiger partial charge in [-0.25, -0.2) is 0 Å². The number of hydrogen-bond donors (Lipinski definition) is 1. The molecule has 2 aromatic rings. The molecule has 2 aliphatic rings. The third kappa shape index (κ3) is 3.42. The number of anilines is 1. The molecule has 1 saturated heterocycles. The maximum absolute atomic E-state index is 5.60. The molecule has 0 spiro atoms. The molecule has 1 N–H and O–H groups in total. The molecule has 4 rings (SSSR count). The summed E-state index contributed by atoms with van der Waals surface area (Å²) < 4.78 is 7.39. The minimum absolute atomic E-state index is 0.223. The molecule has 7 heteroatoms. The van der Waals surface area contributed by atoms with Gasteiger partial charge in [-0.3, -0.25) is 4.90 Å². The maximum Gasteiger partial charge on any atom is 0.200 e. The highest BCUT2D eigenvalue weighted by atomic mass is 16.5. The zero-order valence-corrected chi connectivity index (χ0v) is 15.9. The first-order valence-corrected chi connectivity index (χ1v) is 9.96. The van der Waals surface area contributed by atoms with Crippen molar-refractivity contribution in [3.63, 3.8) is 0 Å². The van der Waals surface area contributed by atoms with Crippen molar-refractivity contribution in [1.82, 2.24) is 24.7 Å². The van der Waals surface area contributed by atoms with Crippen molar-refractivity contribution >= 4 is 11.3 Å². The second kappa shape index (κ2) is 7.48. The second-order valence-electron chi connectivity index (χ2n) is 7.97. The fourth-order valence-corrected chi connectivity index (χ4v) is 4.37. The molecule has 0 radical (unpaired) electrons. The van der Waals surface area contributed by atoms with Crippen LogP contribution in [0.25, 0.3) is 5.65 Å². The summed E-state index contributed by atoms with van der Waals surface area (Å²) in [6, 6.07) is 2.14. The fourth-order valence-electron chi connectivity index (χ4n) is 4.37. The van der Waals surface area contributed by atoms with Crippen molar-refractivity contribution in [2.24, 2.45) is 0 Å². The molecular formula is C19H30N6O. The summed E-state index contributed by atoms with van der Waals surface area (Å²) in [5.74, 6) is 0.366. The Morgan fingerprint density at radius 2 is 1.96 bits per heavy atom. The Labute approximate surface area is 155 Å². The molecule has 7 nitrogen and oxygen atoms in total. The Balaban J connectivity index is 1.59. The predicted octanol–water partition coefficient (Wildman–Crippen LogP) is 2.69. The lowest BCUT2D eigenvalue weighted by Crippen LogP contribution is -2.58. The summed E-state index contributed by atoms with van der Waals surface area (Å²) in [6.45, 7) is 9.05. The van der Waals surface area contributed by atoms with Crippen LogP contribution in [0.5, 0.6) is 0 Å². The lowest BCUT2D eigenvalue weighted by Gasteiger charge is -2.48. The molecule has 0 atom stereocenters. The third-order valence-electron chi connectivity index (χ3n) is 5.95. The maximum atomic E-state index is 5.60. The Hall–Kier alpha value is -1.73. The fraction of sp³-hybridized carbons (Fsp3) is 0.737. The lowest BCUT2D eigenvalue weighted by molar-refractivity contribution is -0.0318. The van der Waals surface area contributed by atoms with Gasteiger partial charge in [-0.1, -0.05) is 33.1 Å². The van der Waals surface area contributed by atoms with Crippen LogP contribution in [0.15, 0.2) is 12.4 Å². The molecule has 0 amide bonds. The minimum atomic E-state index is 0.223. The molecule has 1 saturated carbocycles. The average Bonchev–Trinajstić information content (AvgIpc) is 3.16. The first kappa shape index (κ1) is 17.7. The number of fused-ring (bicyclic) bond motifs is 1. The highest BCUT2D eigenvalue weighted by Crippen LogP contribution is 2.35. The van der Waals surface area contributed by atoms with E-state index in [0.29, 0.717) is 5.92 Å². The van der Waals surface area contributed by atoms with Gasteiger partial charge in [-0.15, -0.1) is 10.2 Å². The van der Waals surface area contributed by atoms with Crippen molar-refractivity contribution in [3.8, 4) is 0 Å². The zero-order valence-electron chi connectivity index (χ0n) is 15.9. The van der Waals surface area contributed by atoms with E-state index in [4.69, 9.17) is 4.74 Å². The number of morpholine rings is 1. The Morgan fingerprint density at radius 3 is 2.69 bits per heavy atom. The lowest BCUT2D eigenvalue weighted by atomic mass is 9.79. The van der Waals surface area contributed by atoms with Crippen molar-refractivity contribution < 1.29 is 4.74 Å². The van der Waals surface area contributed by atoms with Crippen LogP contribution in [0.1, 0.15) is 57.6 Å². The van der Waals surface area contributed by atoms with Gasteiger partial charge in [-0.2, -0.15) is 9.61 Å². The molecule has 142 valence electrons. The molecule has 2 fully saturated rings. The van der Waals surface area contributed by atoms with Crippen LogP contribution < -0.4 is 5.32 Å². The van der Waals surface area contributed by atoms with Crippen LogP contribution in [0, 0.1) is 0 Å². The number of aromatic nitrogens is 4. The summed E-state index contributed by atoms with van der Waals surface area (Å²) in [7, 11) is 0. The molecular weight excluding hydrogens is 328 g/mol. The van der Waals surface area contributed by atoms with Crippen molar-refractivity contribution in [2.75, 3.05) is 38.2 Å². The van der Waals surface area contributed by atoms with E-state index in [0.717, 1.165) is 49.9 Å². The van der Waals surface area contributed by atoms with E-state index in [9.17, 15) is 0 Å². The van der Waals surface area contributed by atoms with E-state index < -0.39 is 0 Å². The van der Waals surface area contributed by atoms with Gasteiger partial charge in [0.15, 0.2) is 0 Å². The second-order valence-corrected chi connectivity index (χ2v) is 7.97. The standard InChI is InChI=1S/C19H30N6O/c1-15(2)16-12-17(18-22-21-14-25(18)23-16)20-13-19(6-4-3-5-7-19)24-8-10-26-11-9-24/h12,14-15,20H,3-11,13H2,1-2H3. The first-order valence-electron chi connectivity index (χ1n) is 9.96. The number of ether oxygens (including phenoxy) is 1. The summed E-state index contributed by atoms with van der Waals surface area (Å²) in [4.78, 5) is 2.66. The van der Waals surface area contributed by atoms with Crippen molar-refractivity contribution in [3.05, 3.63) is 18.1 Å². The van der Waals surface area contributed by atoms with Crippen LogP contribution in [-0.4, -0.2) is 63.1 Å². The van der Waals surface area contributed by atoms with E-state index in [1.54, 1.807) is 10.8 Å². The monoisotopic (exact) mass is 358 g/mol. The quantitative estimate of drug-likeness (QED) is 0.886. The van der Waals surface area contributed by atoms with Gasteiger partial charge in [0.2, 0.25) is 5.65 Å². The topological polar surface area (TPSA) is 67.6 Å². The molecule has 0 bridgehead atoms. The molecule has 26 heavy (non-hydrogen) atoms. The van der Waals surface area contributed by atoms with Gasteiger partial charge >= 0.3 is 0 Å². The normalized spacial score (nSPS) is 21.3. The van der Waals surface area contributed by atoms with E-state index >= 15 is 0 Å². The molecule has 1 aliphatic heterocycles. The zero-order chi connectivity index (χ0) is 18.0. The first-order chi connectivity index (χ1) is 12.7. The minimum Gasteiger partial charge on any atom is -0.380 e. The predicted molar refractivity (Wildman–Crippen MR) is 102 cm³/mol. The molecule has 1 aliphatic carbocycles. The number of hydrogen-bond acceptors (Lipinski definition) is 6. The summed E-state index contributed by atoms with van der Waals surface area (Å²) in [6.07, 6.45) is 8.17. The highest BCUT2D eigenvalue weighted by Gasteiger charge is 2.38. The van der Waals surface area contributed by atoms with Gasteiger partial charge in [0.05, 0.1) is 24.6 Å². The number of nitrogens with zero attached hydrogens (tertiary/aromatic N) is 5. The Kier molecular flexibility index (Phi) is 5.09. The van der Waals surface area contributed by atoms with Crippen LogP contribution >= 0.6 is 0 Å². The summed E-state index contributed by atoms with van der Waals surface area (Å²) in [5, 5.41) is 16.7. The number of nitrogens with one attached hydrogen (secondary N) is 1. The highest BCUT2D eigenvalue weighted by molar-refractivity contribution is 5.67. The average molecular weight is 358 g/mol. The summed E-state index contributed by atoms with van der Waals surface area (Å²) in [5.41, 5.74) is 3.13. The van der Waals surface area contributed by atoms with Gasteiger partial charge in [0.1, 0.15) is 6.33 Å². The van der Waals surface area contributed by atoms with Crippen LogP contribution in [-0.2, 0) is 4.74 Å².